The molecule has 3 aromatic rings. The summed E-state index contributed by atoms with van der Waals surface area (Å²) < 4.78 is 10.6. The molecular weight excluding hydrogens is 458 g/mol. The van der Waals surface area contributed by atoms with Gasteiger partial charge in [0.1, 0.15) is 6.61 Å². The molecular formula is C28H29N3O5. The topological polar surface area (TPSA) is 97.0 Å². The van der Waals surface area contributed by atoms with Crippen molar-refractivity contribution in [1.29, 1.82) is 0 Å². The fourth-order valence-electron chi connectivity index (χ4n) is 4.11. The van der Waals surface area contributed by atoms with Crippen molar-refractivity contribution in [3.05, 3.63) is 101 Å². The first-order valence-corrected chi connectivity index (χ1v) is 11.7. The first-order chi connectivity index (χ1) is 17.4. The smallest absolute Gasteiger partial charge is 0.411 e. The zero-order chi connectivity index (χ0) is 25.5. The molecule has 3 amide bonds. The lowest BCUT2D eigenvalue weighted by Gasteiger charge is -2.24. The molecule has 1 aliphatic rings. The molecule has 0 aliphatic carbocycles. The van der Waals surface area contributed by atoms with Crippen LogP contribution in [0.1, 0.15) is 28.4 Å². The lowest BCUT2D eigenvalue weighted by atomic mass is 10.00. The van der Waals surface area contributed by atoms with Gasteiger partial charge in [-0.1, -0.05) is 72.3 Å². The standard InChI is InChI=1S/C28H29N3O5/c1-19-11-13-21(14-12-19)17-31-25(27(33)29-16-20-7-4-3-5-8-20)26(36-28(31)34)22-9-6-10-23(15-22)30-24(32)18-35-2/h3-15,25-26H,16-18H2,1-2H3,(H,29,33)(H,30,32)/t25-,26+/m1/s1. The van der Waals surface area contributed by atoms with E-state index in [0.717, 1.165) is 16.7 Å². The molecule has 0 aromatic heterocycles. The molecule has 0 bridgehead atoms. The molecule has 0 unspecified atom stereocenters. The first kappa shape index (κ1) is 24.9. The molecule has 1 saturated heterocycles. The third-order valence-corrected chi connectivity index (χ3v) is 5.91. The van der Waals surface area contributed by atoms with Gasteiger partial charge in [0.25, 0.3) is 0 Å². The third-order valence-electron chi connectivity index (χ3n) is 5.91. The summed E-state index contributed by atoms with van der Waals surface area (Å²) in [7, 11) is 1.44. The van der Waals surface area contributed by atoms with Crippen LogP contribution in [0.15, 0.2) is 78.9 Å². The van der Waals surface area contributed by atoms with Gasteiger partial charge in [-0.25, -0.2) is 4.79 Å². The number of methoxy groups -OCH3 is 1. The number of anilines is 1. The molecule has 2 atom stereocenters. The molecule has 186 valence electrons. The van der Waals surface area contributed by atoms with Crippen LogP contribution in [0.4, 0.5) is 10.5 Å². The van der Waals surface area contributed by atoms with Crippen molar-refractivity contribution in [2.75, 3.05) is 19.0 Å². The Labute approximate surface area is 210 Å². The molecule has 8 heteroatoms. The Morgan fingerprint density at radius 1 is 0.972 bits per heavy atom. The van der Waals surface area contributed by atoms with Crippen LogP contribution in [0.3, 0.4) is 0 Å². The largest absolute Gasteiger partial charge is 0.438 e. The van der Waals surface area contributed by atoms with E-state index in [1.54, 1.807) is 24.3 Å². The lowest BCUT2D eigenvalue weighted by Crippen LogP contribution is -2.46. The van der Waals surface area contributed by atoms with Crippen molar-refractivity contribution in [3.63, 3.8) is 0 Å². The zero-order valence-electron chi connectivity index (χ0n) is 20.3. The maximum absolute atomic E-state index is 13.5. The van der Waals surface area contributed by atoms with Crippen molar-refractivity contribution in [2.24, 2.45) is 0 Å². The second-order valence-corrected chi connectivity index (χ2v) is 8.67. The summed E-state index contributed by atoms with van der Waals surface area (Å²) in [5, 5.41) is 5.70. The number of hydrogen-bond donors (Lipinski definition) is 2. The molecule has 36 heavy (non-hydrogen) atoms. The number of carbonyl (C=O) groups is 3. The van der Waals surface area contributed by atoms with E-state index in [4.69, 9.17) is 9.47 Å². The van der Waals surface area contributed by atoms with Crippen LogP contribution in [0, 0.1) is 6.92 Å². The van der Waals surface area contributed by atoms with Crippen LogP contribution < -0.4 is 10.6 Å². The summed E-state index contributed by atoms with van der Waals surface area (Å²) in [6.45, 7) is 2.45. The van der Waals surface area contributed by atoms with Gasteiger partial charge in [0.15, 0.2) is 12.1 Å². The number of rotatable bonds is 9. The number of benzene rings is 3. The third kappa shape index (κ3) is 6.09. The Bertz CT molecular complexity index is 1210. The van der Waals surface area contributed by atoms with E-state index in [1.165, 1.54) is 12.0 Å². The van der Waals surface area contributed by atoms with E-state index < -0.39 is 18.2 Å². The highest BCUT2D eigenvalue weighted by molar-refractivity contribution is 5.92. The van der Waals surface area contributed by atoms with Crippen LogP contribution >= 0.6 is 0 Å². The molecule has 8 nitrogen and oxygen atoms in total. The maximum atomic E-state index is 13.5. The molecule has 0 spiro atoms. The molecule has 4 rings (SSSR count). The highest BCUT2D eigenvalue weighted by Gasteiger charge is 2.47. The van der Waals surface area contributed by atoms with E-state index in [0.29, 0.717) is 17.8 Å². The molecule has 0 radical (unpaired) electrons. The Kier molecular flexibility index (Phi) is 7.97. The van der Waals surface area contributed by atoms with Crippen LogP contribution in [-0.2, 0) is 32.2 Å². The monoisotopic (exact) mass is 487 g/mol. The summed E-state index contributed by atoms with van der Waals surface area (Å²) in [4.78, 5) is 39.9. The van der Waals surface area contributed by atoms with E-state index in [1.807, 2.05) is 61.5 Å². The van der Waals surface area contributed by atoms with E-state index >= 15 is 0 Å². The zero-order valence-corrected chi connectivity index (χ0v) is 20.3. The molecule has 1 fully saturated rings. The summed E-state index contributed by atoms with van der Waals surface area (Å²) in [6, 6.07) is 23.4. The highest BCUT2D eigenvalue weighted by atomic mass is 16.6. The first-order valence-electron chi connectivity index (χ1n) is 11.7. The lowest BCUT2D eigenvalue weighted by molar-refractivity contribution is -0.126. The van der Waals surface area contributed by atoms with Crippen molar-refractivity contribution < 1.29 is 23.9 Å². The number of aryl methyl sites for hydroxylation is 1. The summed E-state index contributed by atoms with van der Waals surface area (Å²) >= 11 is 0. The predicted molar refractivity (Wildman–Crippen MR) is 135 cm³/mol. The van der Waals surface area contributed by atoms with Crippen LogP contribution in [0.2, 0.25) is 0 Å². The minimum atomic E-state index is -0.896. The predicted octanol–water partition coefficient (Wildman–Crippen LogP) is 3.96. The number of carbonyl (C=O) groups excluding carboxylic acids is 3. The number of hydrogen-bond acceptors (Lipinski definition) is 5. The SMILES string of the molecule is COCC(=O)Nc1cccc([C@@H]2OC(=O)N(Cc3ccc(C)cc3)[C@H]2C(=O)NCc2ccccc2)c1. The number of nitrogens with zero attached hydrogens (tertiary/aromatic N) is 1. The Hall–Kier alpha value is -4.17. The summed E-state index contributed by atoms with van der Waals surface area (Å²) in [6.07, 6.45) is -1.42. The minimum absolute atomic E-state index is 0.0858. The highest BCUT2D eigenvalue weighted by Crippen LogP contribution is 2.35. The van der Waals surface area contributed by atoms with Crippen LogP contribution in [0.25, 0.3) is 0 Å². The van der Waals surface area contributed by atoms with Gasteiger partial charge in [0.05, 0.1) is 6.54 Å². The Morgan fingerprint density at radius 2 is 1.72 bits per heavy atom. The van der Waals surface area contributed by atoms with Gasteiger partial charge in [0.2, 0.25) is 11.8 Å². The molecule has 2 N–H and O–H groups in total. The van der Waals surface area contributed by atoms with Gasteiger partial charge in [-0.15, -0.1) is 0 Å². The van der Waals surface area contributed by atoms with Gasteiger partial charge < -0.3 is 20.1 Å². The van der Waals surface area contributed by atoms with E-state index in [2.05, 4.69) is 10.6 Å². The van der Waals surface area contributed by atoms with Gasteiger partial charge in [-0.3, -0.25) is 14.5 Å². The number of ether oxygens (including phenoxy) is 2. The average Bonchev–Trinajstić information content (AvgIpc) is 3.20. The van der Waals surface area contributed by atoms with Crippen molar-refractivity contribution in [2.45, 2.75) is 32.2 Å². The molecule has 0 saturated carbocycles. The Morgan fingerprint density at radius 3 is 2.44 bits per heavy atom. The normalized spacial score (nSPS) is 16.9. The molecule has 1 aliphatic heterocycles. The van der Waals surface area contributed by atoms with Gasteiger partial charge in [-0.05, 0) is 35.7 Å². The van der Waals surface area contributed by atoms with E-state index in [9.17, 15) is 14.4 Å². The van der Waals surface area contributed by atoms with Gasteiger partial charge in [-0.2, -0.15) is 0 Å². The van der Waals surface area contributed by atoms with E-state index in [-0.39, 0.29) is 25.0 Å². The van der Waals surface area contributed by atoms with Gasteiger partial charge in [0, 0.05) is 19.3 Å². The fraction of sp³-hybridized carbons (Fsp3) is 0.250. The quantitative estimate of drug-likeness (QED) is 0.476. The fourth-order valence-corrected chi connectivity index (χ4v) is 4.11. The summed E-state index contributed by atoms with van der Waals surface area (Å²) in [5.41, 5.74) is 4.06. The molecule has 3 aromatic carbocycles. The number of cyclic esters (lactones) is 1. The maximum Gasteiger partial charge on any atom is 0.411 e. The van der Waals surface area contributed by atoms with Gasteiger partial charge >= 0.3 is 6.09 Å². The number of nitrogens with one attached hydrogen (secondary N) is 2. The van der Waals surface area contributed by atoms with Crippen LogP contribution in [0.5, 0.6) is 0 Å². The van der Waals surface area contributed by atoms with Crippen LogP contribution in [-0.4, -0.2) is 42.6 Å². The summed E-state index contributed by atoms with van der Waals surface area (Å²) in [5.74, 6) is -0.633. The Balaban J connectivity index is 1.60. The van der Waals surface area contributed by atoms with Crippen molar-refractivity contribution >= 4 is 23.6 Å². The average molecular weight is 488 g/mol. The number of amides is 3. The second-order valence-electron chi connectivity index (χ2n) is 8.67. The minimum Gasteiger partial charge on any atom is -0.438 e. The van der Waals surface area contributed by atoms with Crippen molar-refractivity contribution in [3.8, 4) is 0 Å². The second kappa shape index (κ2) is 11.5. The van der Waals surface area contributed by atoms with Crippen molar-refractivity contribution in [1.82, 2.24) is 10.2 Å². The molecule has 1 heterocycles.